The predicted molar refractivity (Wildman–Crippen MR) is 130 cm³/mol. The van der Waals surface area contributed by atoms with Crippen LogP contribution in [0.15, 0.2) is 53.9 Å². The van der Waals surface area contributed by atoms with Gasteiger partial charge >= 0.3 is 0 Å². The lowest BCUT2D eigenvalue weighted by atomic mass is 9.97. The molecular weight excluding hydrogens is 446 g/mol. The second-order valence-corrected chi connectivity index (χ2v) is 10.5. The smallest absolute Gasteiger partial charge is 0.236 e. The molecule has 2 aliphatic rings. The molecule has 170 valence electrons. The highest BCUT2D eigenvalue weighted by Gasteiger charge is 2.30. The summed E-state index contributed by atoms with van der Waals surface area (Å²) in [6, 6.07) is 14.9. The fourth-order valence-electron chi connectivity index (χ4n) is 4.26. The Kier molecular flexibility index (Phi) is 7.18. The van der Waals surface area contributed by atoms with Gasteiger partial charge in [-0.15, -0.1) is 0 Å². The Morgan fingerprint density at radius 2 is 1.69 bits per heavy atom. The summed E-state index contributed by atoms with van der Waals surface area (Å²) in [6.07, 6.45) is 4.87. The SMILES string of the molecule is O=C(Nc1cc(Cl)ccc1N1CCCC1)C1CCN(S(=O)(=O)/C=C/c2ccccc2)CC1. The van der Waals surface area contributed by atoms with E-state index in [0.717, 1.165) is 42.9 Å². The second-order valence-electron chi connectivity index (χ2n) is 8.28. The van der Waals surface area contributed by atoms with Crippen LogP contribution in [0.2, 0.25) is 5.02 Å². The number of halogens is 1. The maximum atomic E-state index is 13.0. The lowest BCUT2D eigenvalue weighted by Crippen LogP contribution is -2.40. The van der Waals surface area contributed by atoms with Crippen molar-refractivity contribution >= 4 is 45.0 Å². The molecular formula is C24H28ClN3O3S. The molecule has 0 spiro atoms. The van der Waals surface area contributed by atoms with Gasteiger partial charge in [-0.2, -0.15) is 4.31 Å². The maximum Gasteiger partial charge on any atom is 0.236 e. The summed E-state index contributed by atoms with van der Waals surface area (Å²) in [7, 11) is -3.52. The Bertz CT molecular complexity index is 1070. The molecule has 0 saturated carbocycles. The van der Waals surface area contributed by atoms with E-state index in [2.05, 4.69) is 10.2 Å². The van der Waals surface area contributed by atoms with Crippen molar-refractivity contribution in [2.24, 2.45) is 5.92 Å². The molecule has 0 aromatic heterocycles. The number of carbonyl (C=O) groups is 1. The Morgan fingerprint density at radius 1 is 1.00 bits per heavy atom. The molecule has 4 rings (SSSR count). The largest absolute Gasteiger partial charge is 0.370 e. The van der Waals surface area contributed by atoms with Crippen molar-refractivity contribution < 1.29 is 13.2 Å². The summed E-state index contributed by atoms with van der Waals surface area (Å²) >= 11 is 6.19. The summed E-state index contributed by atoms with van der Waals surface area (Å²) in [5.41, 5.74) is 2.55. The Labute approximate surface area is 194 Å². The van der Waals surface area contributed by atoms with Crippen molar-refractivity contribution in [3.8, 4) is 0 Å². The number of hydrogen-bond acceptors (Lipinski definition) is 4. The number of carbonyl (C=O) groups excluding carboxylic acids is 1. The normalized spacial score (nSPS) is 18.3. The molecule has 0 aliphatic carbocycles. The molecule has 2 aliphatic heterocycles. The minimum Gasteiger partial charge on any atom is -0.370 e. The summed E-state index contributed by atoms with van der Waals surface area (Å²) in [5.74, 6) is -0.311. The molecule has 2 heterocycles. The Morgan fingerprint density at radius 3 is 2.38 bits per heavy atom. The number of rotatable bonds is 6. The topological polar surface area (TPSA) is 69.7 Å². The van der Waals surface area contributed by atoms with Crippen LogP contribution in [0.5, 0.6) is 0 Å². The number of amides is 1. The van der Waals surface area contributed by atoms with E-state index < -0.39 is 10.0 Å². The van der Waals surface area contributed by atoms with E-state index >= 15 is 0 Å². The van der Waals surface area contributed by atoms with Crippen LogP contribution < -0.4 is 10.2 Å². The van der Waals surface area contributed by atoms with Crippen LogP contribution in [0, 0.1) is 5.92 Å². The van der Waals surface area contributed by atoms with Gasteiger partial charge < -0.3 is 10.2 Å². The van der Waals surface area contributed by atoms with Gasteiger partial charge in [0.25, 0.3) is 0 Å². The molecule has 32 heavy (non-hydrogen) atoms. The van der Waals surface area contributed by atoms with E-state index in [0.29, 0.717) is 31.0 Å². The molecule has 6 nitrogen and oxygen atoms in total. The number of nitrogens with one attached hydrogen (secondary N) is 1. The van der Waals surface area contributed by atoms with Crippen molar-refractivity contribution in [2.45, 2.75) is 25.7 Å². The monoisotopic (exact) mass is 473 g/mol. The summed E-state index contributed by atoms with van der Waals surface area (Å²) in [6.45, 7) is 2.59. The van der Waals surface area contributed by atoms with E-state index in [-0.39, 0.29) is 11.8 Å². The Balaban J connectivity index is 1.37. The lowest BCUT2D eigenvalue weighted by Gasteiger charge is -2.30. The van der Waals surface area contributed by atoms with Crippen molar-refractivity contribution in [1.82, 2.24) is 4.31 Å². The highest BCUT2D eigenvalue weighted by Crippen LogP contribution is 2.32. The summed E-state index contributed by atoms with van der Waals surface area (Å²) in [5, 5.41) is 4.88. The van der Waals surface area contributed by atoms with Gasteiger partial charge in [0.2, 0.25) is 15.9 Å². The van der Waals surface area contributed by atoms with Gasteiger partial charge in [0, 0.05) is 42.5 Å². The van der Waals surface area contributed by atoms with E-state index in [9.17, 15) is 13.2 Å². The van der Waals surface area contributed by atoms with Crippen molar-refractivity contribution in [1.29, 1.82) is 0 Å². The van der Waals surface area contributed by atoms with E-state index in [1.807, 2.05) is 42.5 Å². The van der Waals surface area contributed by atoms with Crippen molar-refractivity contribution in [2.75, 3.05) is 36.4 Å². The highest BCUT2D eigenvalue weighted by atomic mass is 35.5. The van der Waals surface area contributed by atoms with Gasteiger partial charge in [0.1, 0.15) is 0 Å². The first kappa shape index (κ1) is 22.8. The van der Waals surface area contributed by atoms with Crippen LogP contribution in [0.3, 0.4) is 0 Å². The molecule has 2 aromatic carbocycles. The van der Waals surface area contributed by atoms with Crippen molar-refractivity contribution in [3.05, 3.63) is 64.5 Å². The van der Waals surface area contributed by atoms with Crippen LogP contribution in [0.25, 0.3) is 6.08 Å². The van der Waals surface area contributed by atoms with Gasteiger partial charge in [0.05, 0.1) is 11.4 Å². The van der Waals surface area contributed by atoms with Gasteiger partial charge in [-0.25, -0.2) is 8.42 Å². The fraction of sp³-hybridized carbons (Fsp3) is 0.375. The lowest BCUT2D eigenvalue weighted by molar-refractivity contribution is -0.120. The average molecular weight is 474 g/mol. The number of sulfonamides is 1. The third kappa shape index (κ3) is 5.52. The van der Waals surface area contributed by atoms with Gasteiger partial charge in [-0.3, -0.25) is 4.79 Å². The molecule has 0 radical (unpaired) electrons. The van der Waals surface area contributed by atoms with E-state index in [4.69, 9.17) is 11.6 Å². The zero-order valence-corrected chi connectivity index (χ0v) is 19.5. The third-order valence-corrected chi connectivity index (χ3v) is 7.88. The molecule has 0 unspecified atom stereocenters. The minimum absolute atomic E-state index is 0.0791. The number of hydrogen-bond donors (Lipinski definition) is 1. The highest BCUT2D eigenvalue weighted by molar-refractivity contribution is 7.92. The first-order chi connectivity index (χ1) is 15.4. The van der Waals surface area contributed by atoms with Gasteiger partial charge in [-0.1, -0.05) is 41.9 Å². The number of piperidine rings is 1. The minimum atomic E-state index is -3.52. The van der Waals surface area contributed by atoms with Gasteiger partial charge in [-0.05, 0) is 55.5 Å². The molecule has 1 amide bonds. The van der Waals surface area contributed by atoms with E-state index in [1.165, 1.54) is 9.71 Å². The molecule has 0 atom stereocenters. The van der Waals surface area contributed by atoms with Crippen LogP contribution in [0.1, 0.15) is 31.2 Å². The maximum absolute atomic E-state index is 13.0. The standard InChI is InChI=1S/C24H28ClN3O3S/c25-21-8-9-23(27-13-4-5-14-27)22(18-21)26-24(29)20-10-15-28(16-11-20)32(30,31)17-12-19-6-2-1-3-7-19/h1-3,6-9,12,17-18,20H,4-5,10-11,13-16H2,(H,26,29)/b17-12+. The molecule has 2 aromatic rings. The average Bonchev–Trinajstić information content (AvgIpc) is 3.33. The zero-order valence-electron chi connectivity index (χ0n) is 17.9. The number of anilines is 2. The molecule has 2 fully saturated rings. The first-order valence-corrected chi connectivity index (χ1v) is 12.9. The summed E-state index contributed by atoms with van der Waals surface area (Å²) < 4.78 is 26.8. The second kappa shape index (κ2) is 10.1. The van der Waals surface area contributed by atoms with E-state index in [1.54, 1.807) is 12.1 Å². The molecule has 0 bridgehead atoms. The number of benzene rings is 2. The first-order valence-electron chi connectivity index (χ1n) is 11.0. The quantitative estimate of drug-likeness (QED) is 0.666. The summed E-state index contributed by atoms with van der Waals surface area (Å²) in [4.78, 5) is 15.2. The zero-order chi connectivity index (χ0) is 22.6. The van der Waals surface area contributed by atoms with Crippen molar-refractivity contribution in [3.63, 3.8) is 0 Å². The fourth-order valence-corrected chi connectivity index (χ4v) is 5.66. The molecule has 1 N–H and O–H groups in total. The van der Waals surface area contributed by atoms with Crippen LogP contribution in [0.4, 0.5) is 11.4 Å². The number of nitrogens with zero attached hydrogens (tertiary/aromatic N) is 2. The Hall–Kier alpha value is -2.35. The van der Waals surface area contributed by atoms with Gasteiger partial charge in [0.15, 0.2) is 0 Å². The molecule has 2 saturated heterocycles. The predicted octanol–water partition coefficient (Wildman–Crippen LogP) is 4.59. The molecule has 8 heteroatoms. The third-order valence-electron chi connectivity index (χ3n) is 6.08. The van der Waals surface area contributed by atoms with Crippen LogP contribution in [-0.2, 0) is 14.8 Å². The van der Waals surface area contributed by atoms with Crippen LogP contribution >= 0.6 is 11.6 Å². The van der Waals surface area contributed by atoms with Crippen LogP contribution in [-0.4, -0.2) is 44.8 Å².